The predicted molar refractivity (Wildman–Crippen MR) is 73.0 cm³/mol. The van der Waals surface area contributed by atoms with Gasteiger partial charge < -0.3 is 11.1 Å². The van der Waals surface area contributed by atoms with E-state index in [1.807, 2.05) is 24.3 Å². The van der Waals surface area contributed by atoms with Crippen molar-refractivity contribution in [2.24, 2.45) is 5.92 Å². The van der Waals surface area contributed by atoms with Crippen LogP contribution in [0.3, 0.4) is 0 Å². The van der Waals surface area contributed by atoms with Gasteiger partial charge in [-0.15, -0.1) is 0 Å². The summed E-state index contributed by atoms with van der Waals surface area (Å²) in [5, 5.41) is 7.17. The highest BCUT2D eigenvalue weighted by molar-refractivity contribution is 5.92. The largest absolute Gasteiger partial charge is 0.399 e. The molecule has 1 aliphatic rings. The van der Waals surface area contributed by atoms with Crippen LogP contribution in [-0.2, 0) is 0 Å². The first-order valence-corrected chi connectivity index (χ1v) is 6.42. The molecule has 1 aromatic carbocycles. The van der Waals surface area contributed by atoms with Crippen LogP contribution in [0, 0.1) is 5.92 Å². The van der Waals surface area contributed by atoms with E-state index in [-0.39, 0.29) is 5.91 Å². The van der Waals surface area contributed by atoms with Crippen molar-refractivity contribution >= 4 is 11.6 Å². The summed E-state index contributed by atoms with van der Waals surface area (Å²) in [6, 6.07) is 9.11. The van der Waals surface area contributed by atoms with Crippen molar-refractivity contribution < 1.29 is 4.79 Å². The van der Waals surface area contributed by atoms with Gasteiger partial charge in [-0.3, -0.25) is 4.79 Å². The van der Waals surface area contributed by atoms with Gasteiger partial charge in [0.2, 0.25) is 0 Å². The Morgan fingerprint density at radius 3 is 3.00 bits per heavy atom. The van der Waals surface area contributed by atoms with Crippen molar-refractivity contribution in [1.82, 2.24) is 15.1 Å². The third-order valence-electron chi connectivity index (χ3n) is 3.20. The van der Waals surface area contributed by atoms with Crippen molar-refractivity contribution in [3.8, 4) is 5.69 Å². The first kappa shape index (κ1) is 11.8. The van der Waals surface area contributed by atoms with Gasteiger partial charge >= 0.3 is 0 Å². The quantitative estimate of drug-likeness (QED) is 0.816. The van der Waals surface area contributed by atoms with E-state index in [0.29, 0.717) is 17.3 Å². The molecule has 1 amide bonds. The van der Waals surface area contributed by atoms with E-state index in [1.165, 1.54) is 12.8 Å². The summed E-state index contributed by atoms with van der Waals surface area (Å²) in [5.74, 6) is 0.550. The third-order valence-corrected chi connectivity index (χ3v) is 3.20. The maximum Gasteiger partial charge on any atom is 0.271 e. The number of hydrogen-bond donors (Lipinski definition) is 2. The van der Waals surface area contributed by atoms with Crippen molar-refractivity contribution in [3.05, 3.63) is 42.2 Å². The molecule has 5 nitrogen and oxygen atoms in total. The number of nitrogen functional groups attached to an aromatic ring is 1. The standard InChI is InChI=1S/C14H16N4O/c15-11-2-1-3-12(8-11)18-7-6-13(17-18)14(19)16-9-10-4-5-10/h1-3,6-8,10H,4-5,9,15H2,(H,16,19). The fourth-order valence-corrected chi connectivity index (χ4v) is 1.91. The molecule has 1 saturated carbocycles. The molecule has 0 atom stereocenters. The van der Waals surface area contributed by atoms with Crippen molar-refractivity contribution in [3.63, 3.8) is 0 Å². The Morgan fingerprint density at radius 2 is 2.26 bits per heavy atom. The number of carbonyl (C=O) groups is 1. The molecule has 1 fully saturated rings. The molecule has 0 aliphatic heterocycles. The second-order valence-electron chi connectivity index (χ2n) is 4.89. The van der Waals surface area contributed by atoms with Crippen molar-refractivity contribution in [2.45, 2.75) is 12.8 Å². The number of carbonyl (C=O) groups excluding carboxylic acids is 1. The van der Waals surface area contributed by atoms with E-state index < -0.39 is 0 Å². The molecular weight excluding hydrogens is 240 g/mol. The van der Waals surface area contributed by atoms with Crippen LogP contribution in [0.2, 0.25) is 0 Å². The molecule has 0 bridgehead atoms. The average Bonchev–Trinajstić information content (AvgIpc) is 3.10. The monoisotopic (exact) mass is 256 g/mol. The van der Waals surface area contributed by atoms with Gasteiger partial charge in [0.05, 0.1) is 5.69 Å². The number of nitrogens with two attached hydrogens (primary N) is 1. The van der Waals surface area contributed by atoms with Gasteiger partial charge in [-0.1, -0.05) is 6.07 Å². The van der Waals surface area contributed by atoms with Gasteiger partial charge in [0.25, 0.3) is 5.91 Å². The van der Waals surface area contributed by atoms with Crippen molar-refractivity contribution in [2.75, 3.05) is 12.3 Å². The minimum Gasteiger partial charge on any atom is -0.399 e. The van der Waals surface area contributed by atoms with E-state index in [0.717, 1.165) is 12.2 Å². The fraction of sp³-hybridized carbons (Fsp3) is 0.286. The number of benzene rings is 1. The molecule has 5 heteroatoms. The van der Waals surface area contributed by atoms with Gasteiger partial charge in [-0.25, -0.2) is 4.68 Å². The van der Waals surface area contributed by atoms with Crippen LogP contribution in [0.5, 0.6) is 0 Å². The number of rotatable bonds is 4. The van der Waals surface area contributed by atoms with Crippen LogP contribution in [0.15, 0.2) is 36.5 Å². The molecule has 0 radical (unpaired) electrons. The number of aromatic nitrogens is 2. The Bertz CT molecular complexity index is 601. The van der Waals surface area contributed by atoms with Gasteiger partial charge in [0.15, 0.2) is 5.69 Å². The lowest BCUT2D eigenvalue weighted by Crippen LogP contribution is -2.26. The molecule has 1 aliphatic carbocycles. The topological polar surface area (TPSA) is 72.9 Å². The maximum atomic E-state index is 11.9. The molecule has 0 unspecified atom stereocenters. The molecule has 3 rings (SSSR count). The molecule has 1 aromatic heterocycles. The first-order chi connectivity index (χ1) is 9.22. The number of nitrogens with zero attached hydrogens (tertiary/aromatic N) is 2. The lowest BCUT2D eigenvalue weighted by molar-refractivity contribution is 0.0946. The Kier molecular flexibility index (Phi) is 2.95. The number of nitrogens with one attached hydrogen (secondary N) is 1. The smallest absolute Gasteiger partial charge is 0.271 e. The number of amides is 1. The zero-order chi connectivity index (χ0) is 13.2. The van der Waals surface area contributed by atoms with Gasteiger partial charge in [0.1, 0.15) is 0 Å². The molecule has 1 heterocycles. The van der Waals surface area contributed by atoms with Crippen LogP contribution in [0.4, 0.5) is 5.69 Å². The normalized spacial score (nSPS) is 14.3. The number of hydrogen-bond acceptors (Lipinski definition) is 3. The fourth-order valence-electron chi connectivity index (χ4n) is 1.91. The van der Waals surface area contributed by atoms with E-state index in [2.05, 4.69) is 10.4 Å². The zero-order valence-electron chi connectivity index (χ0n) is 10.5. The Hall–Kier alpha value is -2.30. The van der Waals surface area contributed by atoms with Crippen molar-refractivity contribution in [1.29, 1.82) is 0 Å². The minimum atomic E-state index is -0.116. The lowest BCUT2D eigenvalue weighted by atomic mass is 10.3. The van der Waals surface area contributed by atoms with Crippen LogP contribution in [-0.4, -0.2) is 22.2 Å². The zero-order valence-corrected chi connectivity index (χ0v) is 10.5. The molecular formula is C14H16N4O. The maximum absolute atomic E-state index is 11.9. The summed E-state index contributed by atoms with van der Waals surface area (Å²) in [6.45, 7) is 0.754. The van der Waals surface area contributed by atoms with Gasteiger partial charge in [-0.05, 0) is 43.0 Å². The van der Waals surface area contributed by atoms with E-state index in [9.17, 15) is 4.79 Å². The Balaban J connectivity index is 1.73. The van der Waals surface area contributed by atoms with Gasteiger partial charge in [-0.2, -0.15) is 5.10 Å². The predicted octanol–water partition coefficient (Wildman–Crippen LogP) is 1.59. The number of anilines is 1. The third kappa shape index (κ3) is 2.76. The molecule has 98 valence electrons. The summed E-state index contributed by atoms with van der Waals surface area (Å²) in [4.78, 5) is 11.9. The highest BCUT2D eigenvalue weighted by Crippen LogP contribution is 2.27. The van der Waals surface area contributed by atoms with Gasteiger partial charge in [0, 0.05) is 18.4 Å². The molecule has 0 saturated heterocycles. The van der Waals surface area contributed by atoms with E-state index in [1.54, 1.807) is 16.9 Å². The highest BCUT2D eigenvalue weighted by Gasteiger charge is 2.22. The lowest BCUT2D eigenvalue weighted by Gasteiger charge is -2.03. The molecule has 19 heavy (non-hydrogen) atoms. The van der Waals surface area contributed by atoms with E-state index in [4.69, 9.17) is 5.73 Å². The Labute approximate surface area is 111 Å². The summed E-state index contributed by atoms with van der Waals surface area (Å²) >= 11 is 0. The second-order valence-corrected chi connectivity index (χ2v) is 4.89. The summed E-state index contributed by atoms with van der Waals surface area (Å²) < 4.78 is 1.66. The molecule has 2 aromatic rings. The van der Waals surface area contributed by atoms with Crippen LogP contribution in [0.1, 0.15) is 23.3 Å². The second kappa shape index (κ2) is 4.76. The molecule has 0 spiro atoms. The summed E-state index contributed by atoms with van der Waals surface area (Å²) in [7, 11) is 0. The first-order valence-electron chi connectivity index (χ1n) is 6.42. The van der Waals surface area contributed by atoms with Crippen LogP contribution < -0.4 is 11.1 Å². The average molecular weight is 256 g/mol. The summed E-state index contributed by atoms with van der Waals surface area (Å²) in [5.41, 5.74) is 7.69. The summed E-state index contributed by atoms with van der Waals surface area (Å²) in [6.07, 6.45) is 4.21. The van der Waals surface area contributed by atoms with Crippen LogP contribution in [0.25, 0.3) is 5.69 Å². The SMILES string of the molecule is Nc1cccc(-n2ccc(C(=O)NCC3CC3)n2)c1. The minimum absolute atomic E-state index is 0.116. The highest BCUT2D eigenvalue weighted by atomic mass is 16.1. The Morgan fingerprint density at radius 1 is 1.42 bits per heavy atom. The van der Waals surface area contributed by atoms with E-state index >= 15 is 0 Å². The molecule has 3 N–H and O–H groups in total. The van der Waals surface area contributed by atoms with Crippen LogP contribution >= 0.6 is 0 Å².